The minimum atomic E-state index is 0.483. The van der Waals surface area contributed by atoms with Crippen LogP contribution in [-0.4, -0.2) is 20.8 Å². The van der Waals surface area contributed by atoms with Gasteiger partial charge in [0.05, 0.1) is 12.7 Å². The standard InChI is InChI=1S/C14H19BrN4/c1-10(2)17-6-13-7-18-19(11(13)3)9-12-4-14(15)8-16-5-12/h4-5,7-8,10,17H,6,9H2,1-3H3. The molecule has 19 heavy (non-hydrogen) atoms. The van der Waals surface area contributed by atoms with Crippen LogP contribution < -0.4 is 5.32 Å². The molecule has 2 aromatic heterocycles. The summed E-state index contributed by atoms with van der Waals surface area (Å²) >= 11 is 3.44. The van der Waals surface area contributed by atoms with Crippen molar-refractivity contribution < 1.29 is 0 Å². The van der Waals surface area contributed by atoms with Crippen LogP contribution in [0.15, 0.2) is 29.1 Å². The Balaban J connectivity index is 2.09. The molecule has 4 nitrogen and oxygen atoms in total. The first-order chi connectivity index (χ1) is 9.06. The number of rotatable bonds is 5. The summed E-state index contributed by atoms with van der Waals surface area (Å²) in [5.74, 6) is 0. The molecular formula is C14H19BrN4. The van der Waals surface area contributed by atoms with Gasteiger partial charge in [0, 0.05) is 40.7 Å². The molecule has 0 atom stereocenters. The van der Waals surface area contributed by atoms with Crippen molar-refractivity contribution >= 4 is 15.9 Å². The molecule has 1 N–H and O–H groups in total. The van der Waals surface area contributed by atoms with E-state index < -0.39 is 0 Å². The zero-order valence-corrected chi connectivity index (χ0v) is 13.1. The van der Waals surface area contributed by atoms with Crippen LogP contribution in [0.25, 0.3) is 0 Å². The lowest BCUT2D eigenvalue weighted by Crippen LogP contribution is -2.22. The van der Waals surface area contributed by atoms with Gasteiger partial charge in [-0.15, -0.1) is 0 Å². The Morgan fingerprint density at radius 2 is 2.11 bits per heavy atom. The van der Waals surface area contributed by atoms with Crippen LogP contribution in [0.2, 0.25) is 0 Å². The quantitative estimate of drug-likeness (QED) is 0.920. The summed E-state index contributed by atoms with van der Waals surface area (Å²) in [5, 5.41) is 7.87. The van der Waals surface area contributed by atoms with Crippen molar-refractivity contribution in [1.82, 2.24) is 20.1 Å². The fourth-order valence-electron chi connectivity index (χ4n) is 1.85. The van der Waals surface area contributed by atoms with E-state index in [1.54, 1.807) is 6.20 Å². The predicted molar refractivity (Wildman–Crippen MR) is 80.0 cm³/mol. The van der Waals surface area contributed by atoms with Gasteiger partial charge >= 0.3 is 0 Å². The van der Waals surface area contributed by atoms with Gasteiger partial charge in [0.15, 0.2) is 0 Å². The molecular weight excluding hydrogens is 304 g/mol. The van der Waals surface area contributed by atoms with Crippen molar-refractivity contribution in [3.63, 3.8) is 0 Å². The zero-order chi connectivity index (χ0) is 13.8. The van der Waals surface area contributed by atoms with Gasteiger partial charge in [-0.05, 0) is 34.5 Å². The molecule has 102 valence electrons. The van der Waals surface area contributed by atoms with Gasteiger partial charge in [-0.2, -0.15) is 5.10 Å². The van der Waals surface area contributed by atoms with Crippen LogP contribution in [0.3, 0.4) is 0 Å². The smallest absolute Gasteiger partial charge is 0.0677 e. The highest BCUT2D eigenvalue weighted by Crippen LogP contribution is 2.13. The third-order valence-electron chi connectivity index (χ3n) is 3.00. The zero-order valence-electron chi connectivity index (χ0n) is 11.5. The molecule has 0 radical (unpaired) electrons. The van der Waals surface area contributed by atoms with Crippen molar-refractivity contribution in [3.05, 3.63) is 46.0 Å². The number of pyridine rings is 1. The monoisotopic (exact) mass is 322 g/mol. The van der Waals surface area contributed by atoms with Gasteiger partial charge < -0.3 is 5.32 Å². The Kier molecular flexibility index (Phi) is 4.71. The third kappa shape index (κ3) is 3.88. The number of hydrogen-bond acceptors (Lipinski definition) is 3. The maximum Gasteiger partial charge on any atom is 0.0677 e. The molecule has 0 aliphatic carbocycles. The summed E-state index contributed by atoms with van der Waals surface area (Å²) in [4.78, 5) is 4.18. The van der Waals surface area contributed by atoms with Gasteiger partial charge in [-0.1, -0.05) is 13.8 Å². The predicted octanol–water partition coefficient (Wildman–Crippen LogP) is 2.90. The molecule has 0 saturated heterocycles. The summed E-state index contributed by atoms with van der Waals surface area (Å²) in [6.45, 7) is 8.01. The summed E-state index contributed by atoms with van der Waals surface area (Å²) < 4.78 is 3.01. The summed E-state index contributed by atoms with van der Waals surface area (Å²) in [6, 6.07) is 2.55. The minimum Gasteiger partial charge on any atom is -0.310 e. The molecule has 0 fully saturated rings. The van der Waals surface area contributed by atoms with E-state index in [9.17, 15) is 0 Å². The second-order valence-corrected chi connectivity index (χ2v) is 5.88. The first-order valence-electron chi connectivity index (χ1n) is 6.40. The van der Waals surface area contributed by atoms with Crippen molar-refractivity contribution in [3.8, 4) is 0 Å². The number of nitrogens with one attached hydrogen (secondary N) is 1. The van der Waals surface area contributed by atoms with E-state index in [4.69, 9.17) is 0 Å². The van der Waals surface area contributed by atoms with Crippen molar-refractivity contribution in [2.45, 2.75) is 39.9 Å². The molecule has 0 saturated carbocycles. The van der Waals surface area contributed by atoms with Crippen molar-refractivity contribution in [1.29, 1.82) is 0 Å². The normalized spacial score (nSPS) is 11.2. The third-order valence-corrected chi connectivity index (χ3v) is 3.43. The van der Waals surface area contributed by atoms with Crippen LogP contribution in [-0.2, 0) is 13.1 Å². The second kappa shape index (κ2) is 6.30. The lowest BCUT2D eigenvalue weighted by Gasteiger charge is -2.08. The fraction of sp³-hybridized carbons (Fsp3) is 0.429. The van der Waals surface area contributed by atoms with Crippen LogP contribution in [0, 0.1) is 6.92 Å². The van der Waals surface area contributed by atoms with E-state index in [0.29, 0.717) is 6.04 Å². The Morgan fingerprint density at radius 1 is 1.32 bits per heavy atom. The number of aromatic nitrogens is 3. The maximum absolute atomic E-state index is 4.45. The topological polar surface area (TPSA) is 42.7 Å². The van der Waals surface area contributed by atoms with Gasteiger partial charge in [0.1, 0.15) is 0 Å². The molecule has 0 bridgehead atoms. The first-order valence-corrected chi connectivity index (χ1v) is 7.19. The Morgan fingerprint density at radius 3 is 2.79 bits per heavy atom. The summed E-state index contributed by atoms with van der Waals surface area (Å²) in [5.41, 5.74) is 3.59. The maximum atomic E-state index is 4.45. The van der Waals surface area contributed by atoms with Crippen LogP contribution >= 0.6 is 15.9 Å². The van der Waals surface area contributed by atoms with E-state index in [1.807, 2.05) is 17.1 Å². The molecule has 0 aliphatic rings. The molecule has 0 amide bonds. The summed E-state index contributed by atoms with van der Waals surface area (Å²) in [6.07, 6.45) is 5.60. The van der Waals surface area contributed by atoms with Crippen LogP contribution in [0.5, 0.6) is 0 Å². The Labute approximate surface area is 122 Å². The van der Waals surface area contributed by atoms with Gasteiger partial charge in [-0.25, -0.2) is 0 Å². The van der Waals surface area contributed by atoms with E-state index in [-0.39, 0.29) is 0 Å². The SMILES string of the molecule is Cc1c(CNC(C)C)cnn1Cc1cncc(Br)c1. The lowest BCUT2D eigenvalue weighted by atomic mass is 10.2. The van der Waals surface area contributed by atoms with Gasteiger partial charge in [0.2, 0.25) is 0 Å². The van der Waals surface area contributed by atoms with E-state index in [2.05, 4.69) is 58.2 Å². The molecule has 0 aliphatic heterocycles. The second-order valence-electron chi connectivity index (χ2n) is 4.96. The molecule has 0 spiro atoms. The molecule has 2 aromatic rings. The average molecular weight is 323 g/mol. The number of nitrogens with zero attached hydrogens (tertiary/aromatic N) is 3. The van der Waals surface area contributed by atoms with E-state index in [0.717, 1.165) is 23.1 Å². The van der Waals surface area contributed by atoms with Crippen molar-refractivity contribution in [2.75, 3.05) is 0 Å². The number of halogens is 1. The van der Waals surface area contributed by atoms with Crippen LogP contribution in [0.4, 0.5) is 0 Å². The Bertz CT molecular complexity index is 548. The average Bonchev–Trinajstić information content (AvgIpc) is 2.68. The molecule has 0 unspecified atom stereocenters. The largest absolute Gasteiger partial charge is 0.310 e. The fourth-order valence-corrected chi connectivity index (χ4v) is 2.26. The highest BCUT2D eigenvalue weighted by Gasteiger charge is 2.07. The highest BCUT2D eigenvalue weighted by molar-refractivity contribution is 9.10. The van der Waals surface area contributed by atoms with E-state index >= 15 is 0 Å². The molecule has 2 rings (SSSR count). The Hall–Kier alpha value is -1.20. The molecule has 2 heterocycles. The summed E-state index contributed by atoms with van der Waals surface area (Å²) in [7, 11) is 0. The number of hydrogen-bond donors (Lipinski definition) is 1. The first kappa shape index (κ1) is 14.2. The van der Waals surface area contributed by atoms with E-state index in [1.165, 1.54) is 11.3 Å². The van der Waals surface area contributed by atoms with Crippen molar-refractivity contribution in [2.24, 2.45) is 0 Å². The minimum absolute atomic E-state index is 0.483. The van der Waals surface area contributed by atoms with Gasteiger partial charge in [0.25, 0.3) is 0 Å². The van der Waals surface area contributed by atoms with Crippen LogP contribution in [0.1, 0.15) is 30.7 Å². The molecule has 0 aromatic carbocycles. The highest BCUT2D eigenvalue weighted by atomic mass is 79.9. The van der Waals surface area contributed by atoms with Gasteiger partial charge in [-0.3, -0.25) is 9.67 Å². The lowest BCUT2D eigenvalue weighted by molar-refractivity contribution is 0.585. The molecule has 5 heteroatoms.